The van der Waals surface area contributed by atoms with Gasteiger partial charge in [0.15, 0.2) is 0 Å². The molecule has 0 aliphatic heterocycles. The molecule has 0 unspecified atom stereocenters. The molecular weight excluding hydrogens is 405 g/mol. The van der Waals surface area contributed by atoms with Crippen LogP contribution in [0.1, 0.15) is 47.1 Å². The normalized spacial score (nSPS) is 18.0. The van der Waals surface area contributed by atoms with E-state index >= 15 is 0 Å². The molecule has 0 bridgehead atoms. The first-order valence-corrected chi connectivity index (χ1v) is 10.4. The number of benzene rings is 3. The summed E-state index contributed by atoms with van der Waals surface area (Å²) in [5, 5.41) is 4.15. The summed E-state index contributed by atoms with van der Waals surface area (Å²) in [6.07, 6.45) is 1.32. The van der Waals surface area contributed by atoms with Crippen LogP contribution in [-0.4, -0.2) is 6.09 Å². The van der Waals surface area contributed by atoms with Crippen LogP contribution in [0.2, 0.25) is 10.0 Å². The molecule has 29 heavy (non-hydrogen) atoms. The van der Waals surface area contributed by atoms with Crippen molar-refractivity contribution in [2.75, 3.05) is 0 Å². The van der Waals surface area contributed by atoms with E-state index in [4.69, 9.17) is 27.9 Å². The van der Waals surface area contributed by atoms with Crippen LogP contribution < -0.4 is 5.32 Å². The van der Waals surface area contributed by atoms with Gasteiger partial charge in [0.05, 0.1) is 16.1 Å². The Kier molecular flexibility index (Phi) is 6.08. The number of halogens is 2. The van der Waals surface area contributed by atoms with Crippen LogP contribution in [-0.2, 0) is 11.3 Å². The molecule has 5 heteroatoms. The number of alkyl carbamates (subject to hydrolysis) is 1. The zero-order chi connectivity index (χ0) is 20.2. The molecule has 0 radical (unpaired) electrons. The molecule has 0 saturated carbocycles. The molecule has 0 aromatic heterocycles. The average molecular weight is 426 g/mol. The standard InChI is InChI=1S/C24H21Cl2NO2/c25-21-12-10-17(14-22(21)26)18-11-13-23(20-9-5-4-8-19(18)20)27-24(28)29-15-16-6-2-1-3-7-16/h1-10,12,14,18,23H,11,13,15H2,(H,27,28)/t18-,23-/m0/s1. The fourth-order valence-corrected chi connectivity index (χ4v) is 4.23. The highest BCUT2D eigenvalue weighted by atomic mass is 35.5. The Hall–Kier alpha value is -2.49. The summed E-state index contributed by atoms with van der Waals surface area (Å²) < 4.78 is 5.40. The highest BCUT2D eigenvalue weighted by molar-refractivity contribution is 6.42. The van der Waals surface area contributed by atoms with Gasteiger partial charge >= 0.3 is 6.09 Å². The van der Waals surface area contributed by atoms with Gasteiger partial charge in [-0.15, -0.1) is 0 Å². The van der Waals surface area contributed by atoms with Gasteiger partial charge in [-0.05, 0) is 47.2 Å². The van der Waals surface area contributed by atoms with Crippen molar-refractivity contribution in [3.63, 3.8) is 0 Å². The van der Waals surface area contributed by atoms with Gasteiger partial charge in [-0.1, -0.05) is 83.9 Å². The Balaban J connectivity index is 1.49. The maximum atomic E-state index is 12.4. The number of nitrogens with one attached hydrogen (secondary N) is 1. The minimum atomic E-state index is -0.401. The predicted octanol–water partition coefficient (Wildman–Crippen LogP) is 6.89. The molecule has 1 aliphatic carbocycles. The summed E-state index contributed by atoms with van der Waals surface area (Å²) in [6, 6.07) is 23.6. The van der Waals surface area contributed by atoms with Crippen LogP contribution in [0.4, 0.5) is 4.79 Å². The van der Waals surface area contributed by atoms with Crippen molar-refractivity contribution in [1.29, 1.82) is 0 Å². The van der Waals surface area contributed by atoms with E-state index in [1.54, 1.807) is 0 Å². The van der Waals surface area contributed by atoms with Gasteiger partial charge in [0.25, 0.3) is 0 Å². The SMILES string of the molecule is O=C(N[C@H]1CC[C@@H](c2ccc(Cl)c(Cl)c2)c2ccccc21)OCc1ccccc1. The maximum absolute atomic E-state index is 12.4. The maximum Gasteiger partial charge on any atom is 0.407 e. The third kappa shape index (κ3) is 4.58. The monoisotopic (exact) mass is 425 g/mol. The van der Waals surface area contributed by atoms with E-state index in [2.05, 4.69) is 17.4 Å². The topological polar surface area (TPSA) is 38.3 Å². The van der Waals surface area contributed by atoms with Crippen molar-refractivity contribution >= 4 is 29.3 Å². The Morgan fingerprint density at radius 2 is 1.62 bits per heavy atom. The molecule has 2 atom stereocenters. The Labute approximate surface area is 180 Å². The Morgan fingerprint density at radius 1 is 0.897 bits per heavy atom. The second-order valence-electron chi connectivity index (χ2n) is 7.19. The molecule has 4 rings (SSSR count). The van der Waals surface area contributed by atoms with Crippen LogP contribution in [0.5, 0.6) is 0 Å². The third-order valence-corrected chi connectivity index (χ3v) is 6.08. The third-order valence-electron chi connectivity index (χ3n) is 5.34. The van der Waals surface area contributed by atoms with E-state index in [0.717, 1.165) is 29.5 Å². The second-order valence-corrected chi connectivity index (χ2v) is 8.01. The molecule has 0 spiro atoms. The van der Waals surface area contributed by atoms with Crippen molar-refractivity contribution < 1.29 is 9.53 Å². The lowest BCUT2D eigenvalue weighted by molar-refractivity contribution is 0.134. The van der Waals surface area contributed by atoms with Crippen molar-refractivity contribution in [1.82, 2.24) is 5.32 Å². The van der Waals surface area contributed by atoms with E-state index in [9.17, 15) is 4.79 Å². The number of ether oxygens (including phenoxy) is 1. The summed E-state index contributed by atoms with van der Waals surface area (Å²) in [7, 11) is 0. The zero-order valence-electron chi connectivity index (χ0n) is 15.8. The number of carbonyl (C=O) groups excluding carboxylic acids is 1. The van der Waals surface area contributed by atoms with Gasteiger partial charge in [0.2, 0.25) is 0 Å². The lowest BCUT2D eigenvalue weighted by Crippen LogP contribution is -2.32. The van der Waals surface area contributed by atoms with E-state index in [1.807, 2.05) is 60.7 Å². The summed E-state index contributed by atoms with van der Waals surface area (Å²) in [6.45, 7) is 0.257. The molecule has 0 fully saturated rings. The molecule has 1 amide bonds. The highest BCUT2D eigenvalue weighted by Gasteiger charge is 2.29. The first-order chi connectivity index (χ1) is 14.1. The van der Waals surface area contributed by atoms with Gasteiger partial charge in [0, 0.05) is 5.92 Å². The van der Waals surface area contributed by atoms with Crippen molar-refractivity contribution in [2.24, 2.45) is 0 Å². The van der Waals surface area contributed by atoms with Gasteiger partial charge in [-0.25, -0.2) is 4.79 Å². The Morgan fingerprint density at radius 3 is 2.38 bits per heavy atom. The van der Waals surface area contributed by atoms with Gasteiger partial charge < -0.3 is 10.1 Å². The molecular formula is C24H21Cl2NO2. The van der Waals surface area contributed by atoms with Gasteiger partial charge in [-0.2, -0.15) is 0 Å². The van der Waals surface area contributed by atoms with Crippen LogP contribution in [0.15, 0.2) is 72.8 Å². The van der Waals surface area contributed by atoms with Crippen LogP contribution in [0.3, 0.4) is 0 Å². The first-order valence-electron chi connectivity index (χ1n) is 9.63. The summed E-state index contributed by atoms with van der Waals surface area (Å²) in [5.41, 5.74) is 4.42. The van der Waals surface area contributed by atoms with Gasteiger partial charge in [0.1, 0.15) is 6.61 Å². The van der Waals surface area contributed by atoms with Crippen LogP contribution in [0, 0.1) is 0 Å². The highest BCUT2D eigenvalue weighted by Crippen LogP contribution is 2.42. The number of fused-ring (bicyclic) bond motifs is 1. The average Bonchev–Trinajstić information content (AvgIpc) is 2.75. The van der Waals surface area contributed by atoms with E-state index in [1.165, 1.54) is 5.56 Å². The van der Waals surface area contributed by atoms with Crippen molar-refractivity contribution in [3.8, 4) is 0 Å². The fraction of sp³-hybridized carbons (Fsp3) is 0.208. The zero-order valence-corrected chi connectivity index (χ0v) is 17.3. The minimum Gasteiger partial charge on any atom is -0.445 e. The summed E-state index contributed by atoms with van der Waals surface area (Å²) >= 11 is 12.3. The number of hydrogen-bond donors (Lipinski definition) is 1. The lowest BCUT2D eigenvalue weighted by atomic mass is 9.77. The summed E-state index contributed by atoms with van der Waals surface area (Å²) in [4.78, 5) is 12.4. The van der Waals surface area contributed by atoms with E-state index in [-0.39, 0.29) is 18.6 Å². The Bertz CT molecular complexity index is 1010. The molecule has 1 N–H and O–H groups in total. The molecule has 148 valence electrons. The molecule has 0 heterocycles. The number of hydrogen-bond acceptors (Lipinski definition) is 2. The number of amides is 1. The molecule has 3 aromatic rings. The van der Waals surface area contributed by atoms with Crippen molar-refractivity contribution in [3.05, 3.63) is 105 Å². The minimum absolute atomic E-state index is 0.0755. The summed E-state index contributed by atoms with van der Waals surface area (Å²) in [5.74, 6) is 0.222. The molecule has 3 nitrogen and oxygen atoms in total. The van der Waals surface area contributed by atoms with E-state index < -0.39 is 6.09 Å². The molecule has 0 saturated heterocycles. The van der Waals surface area contributed by atoms with E-state index in [0.29, 0.717) is 10.0 Å². The quantitative estimate of drug-likeness (QED) is 0.494. The number of rotatable bonds is 4. The molecule has 1 aliphatic rings. The number of carbonyl (C=O) groups is 1. The second kappa shape index (κ2) is 8.89. The first kappa shape index (κ1) is 19.8. The largest absolute Gasteiger partial charge is 0.445 e. The lowest BCUT2D eigenvalue weighted by Gasteiger charge is -2.32. The fourth-order valence-electron chi connectivity index (χ4n) is 3.92. The van der Waals surface area contributed by atoms with Crippen LogP contribution in [0.25, 0.3) is 0 Å². The predicted molar refractivity (Wildman–Crippen MR) is 116 cm³/mol. The smallest absolute Gasteiger partial charge is 0.407 e. The van der Waals surface area contributed by atoms with Crippen molar-refractivity contribution in [2.45, 2.75) is 31.4 Å². The van der Waals surface area contributed by atoms with Crippen LogP contribution >= 0.6 is 23.2 Å². The van der Waals surface area contributed by atoms with Gasteiger partial charge in [-0.3, -0.25) is 0 Å². The molecule has 3 aromatic carbocycles.